The molecule has 0 saturated heterocycles. The van der Waals surface area contributed by atoms with Crippen LogP contribution in [0.4, 0.5) is 0 Å². The Kier molecular flexibility index (Phi) is 3.82. The number of aromatic nitrogens is 2. The quantitative estimate of drug-likeness (QED) is 0.637. The lowest BCUT2D eigenvalue weighted by Crippen LogP contribution is -2.11. The van der Waals surface area contributed by atoms with Crippen molar-refractivity contribution >= 4 is 27.5 Å². The molecule has 0 bridgehead atoms. The molecule has 8 heteroatoms. The van der Waals surface area contributed by atoms with Crippen LogP contribution in [0.15, 0.2) is 35.6 Å². The second-order valence-electron chi connectivity index (χ2n) is 4.07. The minimum atomic E-state index is -4.14. The predicted molar refractivity (Wildman–Crippen MR) is 72.5 cm³/mol. The summed E-state index contributed by atoms with van der Waals surface area (Å²) in [4.78, 5) is 14.9. The molecule has 0 spiro atoms. The Hall–Kier alpha value is -1.86. The number of halogens is 1. The van der Waals surface area contributed by atoms with Gasteiger partial charge in [0.05, 0.1) is 6.33 Å². The number of rotatable bonds is 4. The van der Waals surface area contributed by atoms with Crippen LogP contribution in [0.3, 0.4) is 0 Å². The third kappa shape index (κ3) is 2.83. The van der Waals surface area contributed by atoms with Crippen molar-refractivity contribution in [3.05, 3.63) is 41.3 Å². The van der Waals surface area contributed by atoms with Gasteiger partial charge in [-0.05, 0) is 19.1 Å². The van der Waals surface area contributed by atoms with Gasteiger partial charge in [-0.1, -0.05) is 23.7 Å². The average Bonchev–Trinajstić information content (AvgIpc) is 2.70. The summed E-state index contributed by atoms with van der Waals surface area (Å²) in [6, 6.07) is 5.87. The molecule has 0 aliphatic carbocycles. The molecule has 1 aromatic heterocycles. The average molecular weight is 315 g/mol. The van der Waals surface area contributed by atoms with Crippen molar-refractivity contribution < 1.29 is 17.4 Å². The summed E-state index contributed by atoms with van der Waals surface area (Å²) in [5, 5.41) is -0.414. The Bertz CT molecular complexity index is 768. The van der Waals surface area contributed by atoms with Crippen LogP contribution in [0.1, 0.15) is 17.3 Å². The fraction of sp³-hybridized carbons (Fsp3) is 0.167. The first-order chi connectivity index (χ1) is 9.31. The molecule has 2 rings (SSSR count). The molecular formula is C12H11ClN2O4S. The van der Waals surface area contributed by atoms with E-state index in [0.29, 0.717) is 5.56 Å². The van der Waals surface area contributed by atoms with Crippen LogP contribution in [-0.2, 0) is 17.2 Å². The topological polar surface area (TPSA) is 78.3 Å². The smallest absolute Gasteiger partial charge is 0.360 e. The number of benzene rings is 1. The van der Waals surface area contributed by atoms with Gasteiger partial charge in [-0.15, -0.1) is 0 Å². The molecule has 0 fully saturated rings. The van der Waals surface area contributed by atoms with Crippen LogP contribution in [0, 0.1) is 0 Å². The first kappa shape index (κ1) is 14.5. The molecule has 0 aliphatic rings. The Balaban J connectivity index is 2.36. The van der Waals surface area contributed by atoms with E-state index in [2.05, 4.69) is 4.98 Å². The van der Waals surface area contributed by atoms with Gasteiger partial charge in [0, 0.05) is 12.6 Å². The standard InChI is InChI=1S/C12H11ClN2O4S/c1-8(16)9-4-3-5-10(6-9)19-20(17,18)12-11(13)15(2)7-14-12/h3-7H,1-2H3. The highest BCUT2D eigenvalue weighted by Gasteiger charge is 2.24. The number of carbonyl (C=O) groups is 1. The maximum absolute atomic E-state index is 12.0. The maximum atomic E-state index is 12.0. The predicted octanol–water partition coefficient (Wildman–Crippen LogP) is 2.04. The largest absolute Gasteiger partial charge is 0.378 e. The van der Waals surface area contributed by atoms with Gasteiger partial charge >= 0.3 is 10.1 Å². The number of aryl methyl sites for hydroxylation is 1. The zero-order valence-corrected chi connectivity index (χ0v) is 12.3. The molecule has 1 heterocycles. The van der Waals surface area contributed by atoms with E-state index in [9.17, 15) is 13.2 Å². The lowest BCUT2D eigenvalue weighted by Gasteiger charge is -2.06. The summed E-state index contributed by atoms with van der Waals surface area (Å²) in [7, 11) is -2.58. The summed E-state index contributed by atoms with van der Waals surface area (Å²) in [5.41, 5.74) is 0.352. The molecule has 0 amide bonds. The first-order valence-corrected chi connectivity index (χ1v) is 7.32. The van der Waals surface area contributed by atoms with Crippen LogP contribution < -0.4 is 4.18 Å². The van der Waals surface area contributed by atoms with E-state index in [1.54, 1.807) is 13.1 Å². The molecule has 0 atom stereocenters. The van der Waals surface area contributed by atoms with Crippen molar-refractivity contribution in [2.24, 2.45) is 7.05 Å². The lowest BCUT2D eigenvalue weighted by molar-refractivity contribution is 0.101. The molecule has 0 unspecified atom stereocenters. The molecular weight excluding hydrogens is 304 g/mol. The zero-order valence-electron chi connectivity index (χ0n) is 10.7. The zero-order chi connectivity index (χ0) is 14.9. The minimum absolute atomic E-state index is 0.0272. The summed E-state index contributed by atoms with van der Waals surface area (Å²) < 4.78 is 30.4. The number of carbonyl (C=O) groups excluding carboxylic acids is 1. The highest BCUT2D eigenvalue weighted by atomic mass is 35.5. The van der Waals surface area contributed by atoms with E-state index in [-0.39, 0.29) is 21.7 Å². The van der Waals surface area contributed by atoms with Crippen LogP contribution in [-0.4, -0.2) is 23.8 Å². The molecule has 1 aromatic carbocycles. The SMILES string of the molecule is CC(=O)c1cccc(OS(=O)(=O)c2ncn(C)c2Cl)c1. The number of nitrogens with zero attached hydrogens (tertiary/aromatic N) is 2. The maximum Gasteiger partial charge on any atom is 0.360 e. The molecule has 0 aliphatic heterocycles. The van der Waals surface area contributed by atoms with Gasteiger partial charge in [0.1, 0.15) is 5.75 Å². The number of Topliss-reactive ketones (excluding diaryl/α,β-unsaturated/α-hetero) is 1. The fourth-order valence-corrected chi connectivity index (χ4v) is 2.83. The molecule has 2 aromatic rings. The summed E-state index contributed by atoms with van der Waals surface area (Å²) in [6.45, 7) is 1.38. The number of imidazole rings is 1. The van der Waals surface area contributed by atoms with Crippen molar-refractivity contribution in [1.29, 1.82) is 0 Å². The van der Waals surface area contributed by atoms with Gasteiger partial charge in [0.15, 0.2) is 10.9 Å². The van der Waals surface area contributed by atoms with E-state index in [1.165, 1.54) is 36.0 Å². The summed E-state index contributed by atoms with van der Waals surface area (Å²) in [5.74, 6) is -0.164. The van der Waals surface area contributed by atoms with Crippen LogP contribution >= 0.6 is 11.6 Å². The number of hydrogen-bond acceptors (Lipinski definition) is 5. The normalized spacial score (nSPS) is 11.3. The molecule has 0 saturated carbocycles. The highest BCUT2D eigenvalue weighted by molar-refractivity contribution is 7.87. The van der Waals surface area contributed by atoms with E-state index in [1.807, 2.05) is 0 Å². The Morgan fingerprint density at radius 1 is 1.40 bits per heavy atom. The monoisotopic (exact) mass is 314 g/mol. The second kappa shape index (κ2) is 5.26. The number of ketones is 1. The Morgan fingerprint density at radius 2 is 2.10 bits per heavy atom. The lowest BCUT2D eigenvalue weighted by atomic mass is 10.1. The van der Waals surface area contributed by atoms with Crippen molar-refractivity contribution in [3.63, 3.8) is 0 Å². The second-order valence-corrected chi connectivity index (χ2v) is 5.89. The summed E-state index contributed by atoms with van der Waals surface area (Å²) in [6.07, 6.45) is 1.27. The molecule has 0 radical (unpaired) electrons. The third-order valence-corrected chi connectivity index (χ3v) is 4.26. The Morgan fingerprint density at radius 3 is 2.65 bits per heavy atom. The molecule has 6 nitrogen and oxygen atoms in total. The van der Waals surface area contributed by atoms with Gasteiger partial charge in [-0.25, -0.2) is 4.98 Å². The molecule has 0 N–H and O–H groups in total. The molecule has 20 heavy (non-hydrogen) atoms. The van der Waals surface area contributed by atoms with Crippen molar-refractivity contribution in [2.45, 2.75) is 11.9 Å². The van der Waals surface area contributed by atoms with Gasteiger partial charge in [0.25, 0.3) is 0 Å². The first-order valence-electron chi connectivity index (χ1n) is 5.53. The fourth-order valence-electron chi connectivity index (χ4n) is 1.49. The summed E-state index contributed by atoms with van der Waals surface area (Å²) >= 11 is 5.83. The van der Waals surface area contributed by atoms with E-state index in [0.717, 1.165) is 0 Å². The van der Waals surface area contributed by atoms with E-state index >= 15 is 0 Å². The van der Waals surface area contributed by atoms with Crippen molar-refractivity contribution in [3.8, 4) is 5.75 Å². The van der Waals surface area contributed by atoms with Crippen molar-refractivity contribution in [2.75, 3.05) is 0 Å². The van der Waals surface area contributed by atoms with Gasteiger partial charge in [-0.3, -0.25) is 4.79 Å². The highest BCUT2D eigenvalue weighted by Crippen LogP contribution is 2.23. The number of hydrogen-bond donors (Lipinski definition) is 0. The minimum Gasteiger partial charge on any atom is -0.378 e. The van der Waals surface area contributed by atoms with E-state index in [4.69, 9.17) is 15.8 Å². The van der Waals surface area contributed by atoms with Crippen LogP contribution in [0.25, 0.3) is 0 Å². The van der Waals surface area contributed by atoms with Gasteiger partial charge in [0.2, 0.25) is 5.03 Å². The molecule has 106 valence electrons. The van der Waals surface area contributed by atoms with Crippen LogP contribution in [0.5, 0.6) is 5.75 Å². The third-order valence-electron chi connectivity index (χ3n) is 2.52. The van der Waals surface area contributed by atoms with Gasteiger partial charge < -0.3 is 8.75 Å². The van der Waals surface area contributed by atoms with Crippen molar-refractivity contribution in [1.82, 2.24) is 9.55 Å². The van der Waals surface area contributed by atoms with Crippen LogP contribution in [0.2, 0.25) is 5.15 Å². The van der Waals surface area contributed by atoms with E-state index < -0.39 is 10.1 Å². The van der Waals surface area contributed by atoms with Gasteiger partial charge in [-0.2, -0.15) is 8.42 Å². The Labute approximate surface area is 121 Å².